The van der Waals surface area contributed by atoms with Gasteiger partial charge in [-0.2, -0.15) is 4.31 Å². The van der Waals surface area contributed by atoms with Crippen LogP contribution in [0, 0.1) is 0 Å². The van der Waals surface area contributed by atoms with E-state index < -0.39 is 16.1 Å². The molecule has 0 saturated carbocycles. The van der Waals surface area contributed by atoms with Crippen LogP contribution in [0.1, 0.15) is 13.3 Å². The number of hydrogen-bond donors (Lipinski definition) is 1. The van der Waals surface area contributed by atoms with Crippen molar-refractivity contribution in [1.82, 2.24) is 9.62 Å². The van der Waals surface area contributed by atoms with Gasteiger partial charge in [-0.15, -0.1) is 0 Å². The maximum atomic E-state index is 12.7. The molecule has 2 rings (SSSR count). The molecule has 1 saturated heterocycles. The van der Waals surface area contributed by atoms with Crippen LogP contribution in [0.15, 0.2) is 23.1 Å². The zero-order chi connectivity index (χ0) is 14.9. The largest absolute Gasteiger partial charge is 0.353 e. The third kappa shape index (κ3) is 2.65. The molecule has 1 heterocycles. The third-order valence-corrected chi connectivity index (χ3v) is 6.02. The van der Waals surface area contributed by atoms with Crippen molar-refractivity contribution in [2.75, 3.05) is 13.1 Å². The lowest BCUT2D eigenvalue weighted by Crippen LogP contribution is -2.56. The number of carbonyl (C=O) groups is 1. The van der Waals surface area contributed by atoms with Crippen LogP contribution in [-0.4, -0.2) is 37.8 Å². The van der Waals surface area contributed by atoms with Crippen LogP contribution in [0.4, 0.5) is 0 Å². The summed E-state index contributed by atoms with van der Waals surface area (Å²) < 4.78 is 26.6. The van der Waals surface area contributed by atoms with Crippen molar-refractivity contribution in [1.29, 1.82) is 0 Å². The minimum absolute atomic E-state index is 0.0540. The number of benzene rings is 1. The van der Waals surface area contributed by atoms with Gasteiger partial charge in [-0.3, -0.25) is 4.79 Å². The molecule has 1 amide bonds. The number of amides is 1. The summed E-state index contributed by atoms with van der Waals surface area (Å²) in [5.74, 6) is -0.300. The van der Waals surface area contributed by atoms with E-state index >= 15 is 0 Å². The fourth-order valence-electron chi connectivity index (χ4n) is 2.22. The lowest BCUT2D eigenvalue weighted by Gasteiger charge is -2.33. The van der Waals surface area contributed by atoms with Crippen LogP contribution < -0.4 is 5.32 Å². The normalized spacial score (nSPS) is 20.8. The summed E-state index contributed by atoms with van der Waals surface area (Å²) in [6.07, 6.45) is 0.382. The van der Waals surface area contributed by atoms with Crippen LogP contribution in [0.5, 0.6) is 0 Å². The molecule has 0 bridgehead atoms. The van der Waals surface area contributed by atoms with Crippen molar-refractivity contribution in [2.45, 2.75) is 24.3 Å². The van der Waals surface area contributed by atoms with Gasteiger partial charge < -0.3 is 5.32 Å². The molecule has 8 heteroatoms. The molecule has 1 unspecified atom stereocenters. The van der Waals surface area contributed by atoms with E-state index in [1.807, 2.05) is 0 Å². The fraction of sp³-hybridized carbons (Fsp3) is 0.417. The molecule has 5 nitrogen and oxygen atoms in total. The lowest BCUT2D eigenvalue weighted by atomic mass is 10.2. The smallest absolute Gasteiger partial charge is 0.246 e. The monoisotopic (exact) mass is 336 g/mol. The average molecular weight is 337 g/mol. The Kier molecular flexibility index (Phi) is 4.59. The maximum Gasteiger partial charge on any atom is 0.246 e. The molecule has 0 aliphatic carbocycles. The van der Waals surface area contributed by atoms with Gasteiger partial charge in [-0.05, 0) is 18.6 Å². The Bertz CT molecular complexity index is 613. The predicted octanol–water partition coefficient (Wildman–Crippen LogP) is 1.89. The molecule has 1 N–H and O–H groups in total. The lowest BCUT2D eigenvalue weighted by molar-refractivity contribution is -0.126. The van der Waals surface area contributed by atoms with Gasteiger partial charge in [0.25, 0.3) is 0 Å². The molecule has 110 valence electrons. The highest BCUT2D eigenvalue weighted by Crippen LogP contribution is 2.33. The van der Waals surface area contributed by atoms with Crippen molar-refractivity contribution < 1.29 is 13.2 Å². The number of nitrogens with zero attached hydrogens (tertiary/aromatic N) is 1. The number of sulfonamides is 1. The van der Waals surface area contributed by atoms with Crippen LogP contribution in [0.3, 0.4) is 0 Å². The van der Waals surface area contributed by atoms with Gasteiger partial charge in [0.05, 0.1) is 10.0 Å². The number of rotatable bonds is 3. The second kappa shape index (κ2) is 5.89. The Morgan fingerprint density at radius 3 is 2.50 bits per heavy atom. The molecule has 1 fully saturated rings. The minimum atomic E-state index is -3.91. The molecule has 0 radical (unpaired) electrons. The molecule has 0 aromatic heterocycles. The average Bonchev–Trinajstić information content (AvgIpc) is 2.37. The Hall–Kier alpha value is -0.820. The fourth-order valence-corrected chi connectivity index (χ4v) is 4.97. The molecule has 0 spiro atoms. The highest BCUT2D eigenvalue weighted by atomic mass is 35.5. The Morgan fingerprint density at radius 2 is 1.95 bits per heavy atom. The van der Waals surface area contributed by atoms with E-state index in [0.29, 0.717) is 6.42 Å². The van der Waals surface area contributed by atoms with Gasteiger partial charge >= 0.3 is 0 Å². The number of nitrogens with one attached hydrogen (secondary N) is 1. The summed E-state index contributed by atoms with van der Waals surface area (Å²) in [6.45, 7) is 2.23. The van der Waals surface area contributed by atoms with Gasteiger partial charge in [0.1, 0.15) is 10.9 Å². The molecule has 1 aromatic carbocycles. The Labute approximate surface area is 127 Å². The SMILES string of the molecule is CCC1C(=O)NCCN1S(=O)(=O)c1c(Cl)cccc1Cl. The third-order valence-electron chi connectivity index (χ3n) is 3.15. The zero-order valence-corrected chi connectivity index (χ0v) is 13.1. The number of halogens is 2. The number of carbonyl (C=O) groups excluding carboxylic acids is 1. The van der Waals surface area contributed by atoms with Crippen LogP contribution in [-0.2, 0) is 14.8 Å². The van der Waals surface area contributed by atoms with Crippen molar-refractivity contribution in [2.24, 2.45) is 0 Å². The predicted molar refractivity (Wildman–Crippen MR) is 77.4 cm³/mol. The highest BCUT2D eigenvalue weighted by Gasteiger charge is 2.39. The van der Waals surface area contributed by atoms with E-state index in [1.165, 1.54) is 16.4 Å². The van der Waals surface area contributed by atoms with Gasteiger partial charge in [0, 0.05) is 13.1 Å². The first-order valence-electron chi connectivity index (χ1n) is 6.13. The van der Waals surface area contributed by atoms with E-state index in [1.54, 1.807) is 13.0 Å². The van der Waals surface area contributed by atoms with E-state index in [9.17, 15) is 13.2 Å². The van der Waals surface area contributed by atoms with E-state index in [0.717, 1.165) is 0 Å². The van der Waals surface area contributed by atoms with E-state index in [-0.39, 0.29) is 33.9 Å². The molecule has 1 aliphatic rings. The standard InChI is InChI=1S/C12H14Cl2N2O3S/c1-2-10-12(17)15-6-7-16(10)20(18,19)11-8(13)4-3-5-9(11)14/h3-5,10H,2,6-7H2,1H3,(H,15,17). The molecule has 1 atom stereocenters. The zero-order valence-electron chi connectivity index (χ0n) is 10.8. The summed E-state index contributed by atoms with van der Waals surface area (Å²) >= 11 is 11.9. The summed E-state index contributed by atoms with van der Waals surface area (Å²) in [5.41, 5.74) is 0. The molecule has 20 heavy (non-hydrogen) atoms. The second-order valence-corrected chi connectivity index (χ2v) is 7.02. The van der Waals surface area contributed by atoms with Gasteiger partial charge in [-0.25, -0.2) is 8.42 Å². The van der Waals surface area contributed by atoms with Crippen molar-refractivity contribution >= 4 is 39.1 Å². The van der Waals surface area contributed by atoms with Gasteiger partial charge in [-0.1, -0.05) is 36.2 Å². The maximum absolute atomic E-state index is 12.7. The summed E-state index contributed by atoms with van der Waals surface area (Å²) in [5, 5.41) is 2.76. The summed E-state index contributed by atoms with van der Waals surface area (Å²) in [4.78, 5) is 11.7. The van der Waals surface area contributed by atoms with E-state index in [2.05, 4.69) is 5.32 Å². The van der Waals surface area contributed by atoms with Crippen molar-refractivity contribution in [3.05, 3.63) is 28.2 Å². The van der Waals surface area contributed by atoms with Crippen LogP contribution >= 0.6 is 23.2 Å². The van der Waals surface area contributed by atoms with Crippen molar-refractivity contribution in [3.8, 4) is 0 Å². The quantitative estimate of drug-likeness (QED) is 0.916. The topological polar surface area (TPSA) is 66.5 Å². The Balaban J connectivity index is 2.51. The Morgan fingerprint density at radius 1 is 1.35 bits per heavy atom. The van der Waals surface area contributed by atoms with Crippen molar-refractivity contribution in [3.63, 3.8) is 0 Å². The van der Waals surface area contributed by atoms with Gasteiger partial charge in [0.2, 0.25) is 15.9 Å². The summed E-state index contributed by atoms with van der Waals surface area (Å²) in [7, 11) is -3.91. The highest BCUT2D eigenvalue weighted by molar-refractivity contribution is 7.89. The number of piperazine rings is 1. The summed E-state index contributed by atoms with van der Waals surface area (Å²) in [6, 6.07) is 3.77. The first-order chi connectivity index (χ1) is 9.39. The van der Waals surface area contributed by atoms with E-state index in [4.69, 9.17) is 23.2 Å². The second-order valence-electron chi connectivity index (χ2n) is 4.38. The molecule has 1 aliphatic heterocycles. The first-order valence-corrected chi connectivity index (χ1v) is 8.32. The molecule has 1 aromatic rings. The van der Waals surface area contributed by atoms with Gasteiger partial charge in [0.15, 0.2) is 0 Å². The van der Waals surface area contributed by atoms with Crippen LogP contribution in [0.2, 0.25) is 10.0 Å². The minimum Gasteiger partial charge on any atom is -0.353 e. The molecular weight excluding hydrogens is 323 g/mol. The van der Waals surface area contributed by atoms with Crippen LogP contribution in [0.25, 0.3) is 0 Å². The first kappa shape index (κ1) is 15.6. The number of hydrogen-bond acceptors (Lipinski definition) is 3. The molecular formula is C12H14Cl2N2O3S.